The number of hydrogen-bond donors (Lipinski definition) is 0. The van der Waals surface area contributed by atoms with Crippen LogP contribution in [0.25, 0.3) is 0 Å². The molecule has 94 valence electrons. The molecule has 0 saturated heterocycles. The zero-order valence-electron chi connectivity index (χ0n) is 10.0. The lowest BCUT2D eigenvalue weighted by atomic mass is 10.2. The van der Waals surface area contributed by atoms with Crippen molar-refractivity contribution in [1.82, 2.24) is 0 Å². The predicted octanol–water partition coefficient (Wildman–Crippen LogP) is 2.21. The molecule has 6 heteroatoms. The van der Waals surface area contributed by atoms with Crippen molar-refractivity contribution in [3.05, 3.63) is 33.9 Å². The summed E-state index contributed by atoms with van der Waals surface area (Å²) in [7, 11) is 0. The molecule has 0 aliphatic heterocycles. The minimum Gasteiger partial charge on any atom is -0.476 e. The topological polar surface area (TPSA) is 93.2 Å². The SMILES string of the molecule is CCC(=O)C(C)Oc1ccc(C#N)cc1[N+](=O)[O-]. The summed E-state index contributed by atoms with van der Waals surface area (Å²) < 4.78 is 5.26. The number of carbonyl (C=O) groups excluding carboxylic acids is 1. The van der Waals surface area contributed by atoms with E-state index in [0.29, 0.717) is 6.42 Å². The van der Waals surface area contributed by atoms with Crippen molar-refractivity contribution in [3.63, 3.8) is 0 Å². The summed E-state index contributed by atoms with van der Waals surface area (Å²) in [5.41, 5.74) is -0.145. The average Bonchev–Trinajstić information content (AvgIpc) is 2.37. The highest BCUT2D eigenvalue weighted by Crippen LogP contribution is 2.28. The van der Waals surface area contributed by atoms with Gasteiger partial charge in [0.1, 0.15) is 0 Å². The Morgan fingerprint density at radius 1 is 1.61 bits per heavy atom. The zero-order chi connectivity index (χ0) is 13.7. The number of rotatable bonds is 5. The van der Waals surface area contributed by atoms with Crippen LogP contribution in [-0.4, -0.2) is 16.8 Å². The lowest BCUT2D eigenvalue weighted by molar-refractivity contribution is -0.386. The quantitative estimate of drug-likeness (QED) is 0.588. The Hall–Kier alpha value is -2.42. The van der Waals surface area contributed by atoms with Crippen LogP contribution < -0.4 is 4.74 Å². The first-order chi connectivity index (χ1) is 8.49. The molecule has 6 nitrogen and oxygen atoms in total. The second-order valence-electron chi connectivity index (χ2n) is 3.63. The zero-order valence-corrected chi connectivity index (χ0v) is 10.0. The average molecular weight is 248 g/mol. The minimum absolute atomic E-state index is 0.00620. The van der Waals surface area contributed by atoms with E-state index in [0.717, 1.165) is 6.07 Å². The van der Waals surface area contributed by atoms with Crippen LogP contribution in [0.3, 0.4) is 0 Å². The van der Waals surface area contributed by atoms with Crippen molar-refractivity contribution >= 4 is 11.5 Å². The number of nitro groups is 1. The number of nitrogens with zero attached hydrogens (tertiary/aromatic N) is 2. The van der Waals surface area contributed by atoms with E-state index in [2.05, 4.69) is 0 Å². The van der Waals surface area contributed by atoms with Gasteiger partial charge < -0.3 is 4.74 Å². The molecule has 0 spiro atoms. The van der Waals surface area contributed by atoms with Crippen molar-refractivity contribution in [2.75, 3.05) is 0 Å². The van der Waals surface area contributed by atoms with Gasteiger partial charge in [-0.05, 0) is 19.1 Å². The molecule has 0 bridgehead atoms. The Balaban J connectivity index is 3.06. The first-order valence-electron chi connectivity index (χ1n) is 5.37. The van der Waals surface area contributed by atoms with Gasteiger partial charge in [0.2, 0.25) is 0 Å². The number of nitriles is 1. The Bertz CT molecular complexity index is 519. The number of nitro benzene ring substituents is 1. The molecule has 0 saturated carbocycles. The summed E-state index contributed by atoms with van der Waals surface area (Å²) in [5, 5.41) is 19.5. The van der Waals surface area contributed by atoms with Gasteiger partial charge in [-0.2, -0.15) is 5.26 Å². The van der Waals surface area contributed by atoms with Gasteiger partial charge in [0.25, 0.3) is 0 Å². The predicted molar refractivity (Wildman–Crippen MR) is 63.2 cm³/mol. The molecule has 1 atom stereocenters. The van der Waals surface area contributed by atoms with Crippen LogP contribution in [0.2, 0.25) is 0 Å². The smallest absolute Gasteiger partial charge is 0.312 e. The third kappa shape index (κ3) is 3.04. The molecule has 0 fully saturated rings. The van der Waals surface area contributed by atoms with Gasteiger partial charge in [-0.15, -0.1) is 0 Å². The van der Waals surface area contributed by atoms with Crippen molar-refractivity contribution in [2.24, 2.45) is 0 Å². The summed E-state index contributed by atoms with van der Waals surface area (Å²) >= 11 is 0. The standard InChI is InChI=1S/C12H12N2O4/c1-3-11(15)8(2)18-12-5-4-9(7-13)6-10(12)14(16)17/h4-6,8H,3H2,1-2H3. The van der Waals surface area contributed by atoms with Crippen LogP contribution in [0.5, 0.6) is 5.75 Å². The third-order valence-electron chi connectivity index (χ3n) is 2.39. The van der Waals surface area contributed by atoms with Gasteiger partial charge in [0.15, 0.2) is 17.6 Å². The highest BCUT2D eigenvalue weighted by atomic mass is 16.6. The van der Waals surface area contributed by atoms with Crippen LogP contribution in [0.4, 0.5) is 5.69 Å². The molecule has 0 amide bonds. The molecule has 0 aromatic heterocycles. The van der Waals surface area contributed by atoms with Crippen LogP contribution in [0, 0.1) is 21.4 Å². The first kappa shape index (κ1) is 13.6. The Kier molecular flexibility index (Phi) is 4.38. The number of benzene rings is 1. The van der Waals surface area contributed by atoms with Crippen LogP contribution in [0.15, 0.2) is 18.2 Å². The van der Waals surface area contributed by atoms with Crippen molar-refractivity contribution in [3.8, 4) is 11.8 Å². The number of ketones is 1. The Morgan fingerprint density at radius 2 is 2.28 bits per heavy atom. The number of Topliss-reactive ketones (excluding diaryl/α,β-unsaturated/α-hetero) is 1. The van der Waals surface area contributed by atoms with E-state index in [9.17, 15) is 14.9 Å². The number of ether oxygens (including phenoxy) is 1. The van der Waals surface area contributed by atoms with E-state index in [1.165, 1.54) is 19.1 Å². The van der Waals surface area contributed by atoms with Crippen LogP contribution in [0.1, 0.15) is 25.8 Å². The summed E-state index contributed by atoms with van der Waals surface area (Å²) in [4.78, 5) is 21.6. The van der Waals surface area contributed by atoms with Gasteiger partial charge in [0, 0.05) is 12.5 Å². The maximum atomic E-state index is 11.4. The molecule has 1 aromatic carbocycles. The fourth-order valence-electron chi connectivity index (χ4n) is 1.37. The Labute approximate surface area is 104 Å². The van der Waals surface area contributed by atoms with Gasteiger partial charge in [0.05, 0.1) is 16.6 Å². The van der Waals surface area contributed by atoms with Gasteiger partial charge >= 0.3 is 5.69 Å². The minimum atomic E-state index is -0.748. The number of hydrogen-bond acceptors (Lipinski definition) is 5. The maximum Gasteiger partial charge on any atom is 0.312 e. The van der Waals surface area contributed by atoms with E-state index >= 15 is 0 Å². The molecular weight excluding hydrogens is 236 g/mol. The molecule has 1 aromatic rings. The summed E-state index contributed by atoms with van der Waals surface area (Å²) in [6.45, 7) is 3.23. The lowest BCUT2D eigenvalue weighted by Gasteiger charge is -2.12. The van der Waals surface area contributed by atoms with E-state index in [1.54, 1.807) is 6.92 Å². The first-order valence-corrected chi connectivity index (χ1v) is 5.37. The van der Waals surface area contributed by atoms with E-state index in [-0.39, 0.29) is 22.8 Å². The normalized spacial score (nSPS) is 11.4. The van der Waals surface area contributed by atoms with Crippen molar-refractivity contribution < 1.29 is 14.5 Å². The fourth-order valence-corrected chi connectivity index (χ4v) is 1.37. The fraction of sp³-hybridized carbons (Fsp3) is 0.333. The molecule has 1 unspecified atom stereocenters. The molecule has 18 heavy (non-hydrogen) atoms. The molecule has 1 rings (SSSR count). The molecule has 0 N–H and O–H groups in total. The second kappa shape index (κ2) is 5.77. The monoisotopic (exact) mass is 248 g/mol. The number of carbonyl (C=O) groups is 1. The molecule has 0 aliphatic carbocycles. The molecule has 0 aliphatic rings. The van der Waals surface area contributed by atoms with Crippen LogP contribution >= 0.6 is 0 Å². The van der Waals surface area contributed by atoms with Gasteiger partial charge in [-0.3, -0.25) is 14.9 Å². The second-order valence-corrected chi connectivity index (χ2v) is 3.63. The molecule has 0 heterocycles. The summed E-state index contributed by atoms with van der Waals surface area (Å²) in [5.74, 6) is -0.151. The molecule has 0 radical (unpaired) electrons. The highest BCUT2D eigenvalue weighted by Gasteiger charge is 2.20. The van der Waals surface area contributed by atoms with Crippen molar-refractivity contribution in [2.45, 2.75) is 26.4 Å². The summed E-state index contributed by atoms with van der Waals surface area (Å²) in [6.07, 6.45) is -0.452. The molecular formula is C12H12N2O4. The maximum absolute atomic E-state index is 11.4. The largest absolute Gasteiger partial charge is 0.476 e. The van der Waals surface area contributed by atoms with Gasteiger partial charge in [-0.1, -0.05) is 6.92 Å². The van der Waals surface area contributed by atoms with Crippen LogP contribution in [-0.2, 0) is 4.79 Å². The third-order valence-corrected chi connectivity index (χ3v) is 2.39. The van der Waals surface area contributed by atoms with Crippen molar-refractivity contribution in [1.29, 1.82) is 5.26 Å². The van der Waals surface area contributed by atoms with E-state index in [4.69, 9.17) is 10.00 Å². The lowest BCUT2D eigenvalue weighted by Crippen LogP contribution is -2.23. The van der Waals surface area contributed by atoms with E-state index < -0.39 is 11.0 Å². The summed E-state index contributed by atoms with van der Waals surface area (Å²) in [6, 6.07) is 5.67. The Morgan fingerprint density at radius 3 is 2.78 bits per heavy atom. The van der Waals surface area contributed by atoms with Gasteiger partial charge in [-0.25, -0.2) is 0 Å². The van der Waals surface area contributed by atoms with E-state index in [1.807, 2.05) is 6.07 Å². The highest BCUT2D eigenvalue weighted by molar-refractivity contribution is 5.82.